The first kappa shape index (κ1) is 16.2. The lowest BCUT2D eigenvalue weighted by Gasteiger charge is -2.18. The minimum absolute atomic E-state index is 0.0930. The predicted molar refractivity (Wildman–Crippen MR) is 91.0 cm³/mol. The number of sulfonamides is 1. The number of thiophene rings is 1. The molecule has 23 heavy (non-hydrogen) atoms. The number of benzene rings is 1. The van der Waals surface area contributed by atoms with Gasteiger partial charge < -0.3 is 4.90 Å². The molecule has 1 amide bonds. The summed E-state index contributed by atoms with van der Waals surface area (Å²) in [5.74, 6) is 0.0930. The van der Waals surface area contributed by atoms with Crippen molar-refractivity contribution in [2.24, 2.45) is 0 Å². The Hall–Kier alpha value is -1.70. The maximum absolute atomic E-state index is 12.6. The van der Waals surface area contributed by atoms with Gasteiger partial charge in [-0.15, -0.1) is 11.3 Å². The summed E-state index contributed by atoms with van der Waals surface area (Å²) in [4.78, 5) is 14.7. The molecule has 0 radical (unpaired) electrons. The Morgan fingerprint density at radius 2 is 1.96 bits per heavy atom. The SMILES string of the molecule is CN(Cc1cccs1)S(=O)(=O)c1ccc(N2CCCC2=O)cc1. The monoisotopic (exact) mass is 350 g/mol. The fourth-order valence-corrected chi connectivity index (χ4v) is 4.59. The standard InChI is InChI=1S/C16H18N2O3S2/c1-17(12-14-4-3-11-22-14)23(20,21)15-8-6-13(7-9-15)18-10-2-5-16(18)19/h3-4,6-9,11H,2,5,10,12H2,1H3. The first-order chi connectivity index (χ1) is 11.0. The number of amides is 1. The van der Waals surface area contributed by atoms with E-state index in [9.17, 15) is 13.2 Å². The normalized spacial score (nSPS) is 15.6. The fourth-order valence-electron chi connectivity index (χ4n) is 2.61. The van der Waals surface area contributed by atoms with Crippen molar-refractivity contribution in [3.05, 3.63) is 46.7 Å². The molecule has 2 aromatic rings. The molecule has 1 saturated heterocycles. The number of nitrogens with zero attached hydrogens (tertiary/aromatic N) is 2. The van der Waals surface area contributed by atoms with E-state index < -0.39 is 10.0 Å². The van der Waals surface area contributed by atoms with Gasteiger partial charge >= 0.3 is 0 Å². The highest BCUT2D eigenvalue weighted by atomic mass is 32.2. The quantitative estimate of drug-likeness (QED) is 0.833. The van der Waals surface area contributed by atoms with Crippen molar-refractivity contribution in [2.45, 2.75) is 24.3 Å². The zero-order valence-electron chi connectivity index (χ0n) is 12.8. The number of carbonyl (C=O) groups excluding carboxylic acids is 1. The molecule has 3 rings (SSSR count). The van der Waals surface area contributed by atoms with Gasteiger partial charge in [-0.3, -0.25) is 4.79 Å². The molecule has 0 aliphatic carbocycles. The van der Waals surface area contributed by atoms with Crippen molar-refractivity contribution in [3.8, 4) is 0 Å². The molecule has 0 unspecified atom stereocenters. The Balaban J connectivity index is 1.78. The summed E-state index contributed by atoms with van der Waals surface area (Å²) in [7, 11) is -1.96. The molecule has 7 heteroatoms. The van der Waals surface area contributed by atoms with Crippen LogP contribution < -0.4 is 4.90 Å². The first-order valence-corrected chi connectivity index (χ1v) is 9.69. The first-order valence-electron chi connectivity index (χ1n) is 7.37. The van der Waals surface area contributed by atoms with E-state index in [2.05, 4.69) is 0 Å². The number of rotatable bonds is 5. The van der Waals surface area contributed by atoms with Crippen LogP contribution in [0.25, 0.3) is 0 Å². The van der Waals surface area contributed by atoms with Gasteiger partial charge in [0.1, 0.15) is 0 Å². The molecular weight excluding hydrogens is 332 g/mol. The second kappa shape index (κ2) is 6.43. The average molecular weight is 350 g/mol. The van der Waals surface area contributed by atoms with Gasteiger partial charge in [0.25, 0.3) is 0 Å². The lowest BCUT2D eigenvalue weighted by Crippen LogP contribution is -2.26. The molecule has 2 heterocycles. The van der Waals surface area contributed by atoms with Crippen molar-refractivity contribution in [1.29, 1.82) is 0 Å². The Labute approximate surface area is 140 Å². The van der Waals surface area contributed by atoms with E-state index >= 15 is 0 Å². The number of hydrogen-bond acceptors (Lipinski definition) is 4. The molecule has 1 aromatic heterocycles. The summed E-state index contributed by atoms with van der Waals surface area (Å²) in [6.45, 7) is 1.05. The third kappa shape index (κ3) is 3.31. The average Bonchev–Trinajstić information content (AvgIpc) is 3.19. The number of carbonyl (C=O) groups is 1. The van der Waals surface area contributed by atoms with Gasteiger partial charge in [0.15, 0.2) is 0 Å². The van der Waals surface area contributed by atoms with Gasteiger partial charge in [0.05, 0.1) is 4.90 Å². The molecule has 122 valence electrons. The summed E-state index contributed by atoms with van der Waals surface area (Å²) in [5, 5.41) is 1.93. The van der Waals surface area contributed by atoms with Gasteiger partial charge in [0, 0.05) is 37.1 Å². The summed E-state index contributed by atoms with van der Waals surface area (Å²) in [6.07, 6.45) is 1.41. The fraction of sp³-hybridized carbons (Fsp3) is 0.312. The molecule has 0 saturated carbocycles. The minimum atomic E-state index is -3.53. The van der Waals surface area contributed by atoms with Crippen LogP contribution >= 0.6 is 11.3 Å². The van der Waals surface area contributed by atoms with E-state index in [1.807, 2.05) is 17.5 Å². The maximum Gasteiger partial charge on any atom is 0.243 e. The zero-order valence-corrected chi connectivity index (χ0v) is 14.4. The molecule has 1 aromatic carbocycles. The van der Waals surface area contributed by atoms with Crippen molar-refractivity contribution >= 4 is 33.0 Å². The second-order valence-corrected chi connectivity index (χ2v) is 8.56. The summed E-state index contributed by atoms with van der Waals surface area (Å²) >= 11 is 1.53. The second-order valence-electron chi connectivity index (χ2n) is 5.48. The predicted octanol–water partition coefficient (Wildman–Crippen LogP) is 2.70. The minimum Gasteiger partial charge on any atom is -0.312 e. The van der Waals surface area contributed by atoms with E-state index in [4.69, 9.17) is 0 Å². The molecule has 1 aliphatic heterocycles. The van der Waals surface area contributed by atoms with Crippen LogP contribution in [0.2, 0.25) is 0 Å². The molecule has 1 aliphatic rings. The van der Waals surface area contributed by atoms with Crippen molar-refractivity contribution in [2.75, 3.05) is 18.5 Å². The van der Waals surface area contributed by atoms with Crippen LogP contribution in [0.3, 0.4) is 0 Å². The highest BCUT2D eigenvalue weighted by Gasteiger charge is 2.24. The van der Waals surface area contributed by atoms with Crippen LogP contribution in [0.15, 0.2) is 46.7 Å². The van der Waals surface area contributed by atoms with Crippen LogP contribution in [0.5, 0.6) is 0 Å². The van der Waals surface area contributed by atoms with Crippen molar-refractivity contribution in [1.82, 2.24) is 4.31 Å². The third-order valence-corrected chi connectivity index (χ3v) is 6.57. The summed E-state index contributed by atoms with van der Waals surface area (Å²) in [6, 6.07) is 10.4. The van der Waals surface area contributed by atoms with Crippen molar-refractivity contribution in [3.63, 3.8) is 0 Å². The highest BCUT2D eigenvalue weighted by molar-refractivity contribution is 7.89. The van der Waals surface area contributed by atoms with Gasteiger partial charge in [-0.05, 0) is 42.1 Å². The van der Waals surface area contributed by atoms with Gasteiger partial charge in [-0.2, -0.15) is 4.31 Å². The van der Waals surface area contributed by atoms with Crippen LogP contribution in [-0.4, -0.2) is 32.2 Å². The molecule has 1 fully saturated rings. The maximum atomic E-state index is 12.6. The van der Waals surface area contributed by atoms with Crippen LogP contribution in [0.1, 0.15) is 17.7 Å². The van der Waals surface area contributed by atoms with Gasteiger partial charge in [0.2, 0.25) is 15.9 Å². The molecule has 0 spiro atoms. The van der Waals surface area contributed by atoms with Crippen LogP contribution in [0.4, 0.5) is 5.69 Å². The molecular formula is C16H18N2O3S2. The topological polar surface area (TPSA) is 57.7 Å². The van der Waals surface area contributed by atoms with Crippen LogP contribution in [-0.2, 0) is 21.4 Å². The van der Waals surface area contributed by atoms with Crippen LogP contribution in [0, 0.1) is 0 Å². The summed E-state index contributed by atoms with van der Waals surface area (Å²) in [5.41, 5.74) is 0.757. The number of anilines is 1. The Morgan fingerprint density at radius 3 is 2.52 bits per heavy atom. The lowest BCUT2D eigenvalue weighted by molar-refractivity contribution is -0.117. The zero-order chi connectivity index (χ0) is 16.4. The third-order valence-electron chi connectivity index (χ3n) is 3.89. The largest absolute Gasteiger partial charge is 0.312 e. The highest BCUT2D eigenvalue weighted by Crippen LogP contribution is 2.25. The van der Waals surface area contributed by atoms with Gasteiger partial charge in [-0.1, -0.05) is 6.07 Å². The van der Waals surface area contributed by atoms with Gasteiger partial charge in [-0.25, -0.2) is 8.42 Å². The van der Waals surface area contributed by atoms with E-state index in [0.29, 0.717) is 19.5 Å². The Morgan fingerprint density at radius 1 is 1.22 bits per heavy atom. The molecule has 0 atom stereocenters. The molecule has 0 bridgehead atoms. The Bertz CT molecular complexity index is 783. The van der Waals surface area contributed by atoms with E-state index in [1.54, 1.807) is 36.2 Å². The molecule has 0 N–H and O–H groups in total. The smallest absolute Gasteiger partial charge is 0.243 e. The van der Waals surface area contributed by atoms with E-state index in [0.717, 1.165) is 17.0 Å². The van der Waals surface area contributed by atoms with E-state index in [1.165, 1.54) is 15.6 Å². The Kier molecular flexibility index (Phi) is 4.52. The summed E-state index contributed by atoms with van der Waals surface area (Å²) < 4.78 is 26.6. The molecule has 5 nitrogen and oxygen atoms in total. The van der Waals surface area contributed by atoms with Crippen molar-refractivity contribution < 1.29 is 13.2 Å². The van der Waals surface area contributed by atoms with E-state index in [-0.39, 0.29) is 10.8 Å². The number of hydrogen-bond donors (Lipinski definition) is 0. The lowest BCUT2D eigenvalue weighted by atomic mass is 10.3.